The summed E-state index contributed by atoms with van der Waals surface area (Å²) in [5.41, 5.74) is -0.698. The largest absolute Gasteiger partial charge is 0.480 e. The topological polar surface area (TPSA) is 84.9 Å². The summed E-state index contributed by atoms with van der Waals surface area (Å²) in [5, 5.41) is 11.2. The van der Waals surface area contributed by atoms with Crippen molar-refractivity contribution in [3.05, 3.63) is 0 Å². The van der Waals surface area contributed by atoms with E-state index in [1.807, 2.05) is 0 Å². The van der Waals surface area contributed by atoms with Crippen LogP contribution in [0.5, 0.6) is 0 Å². The molecule has 2 N–H and O–H groups in total. The van der Waals surface area contributed by atoms with Crippen molar-refractivity contribution in [3.63, 3.8) is 0 Å². The fourth-order valence-corrected chi connectivity index (χ4v) is 1.09. The molecule has 0 aliphatic rings. The molecule has 1 unspecified atom stereocenters. The van der Waals surface area contributed by atoms with Crippen molar-refractivity contribution in [1.29, 1.82) is 0 Å². The molecule has 2 atom stereocenters. The lowest BCUT2D eigenvalue weighted by atomic mass is 10.2. The Labute approximate surface area is 107 Å². The summed E-state index contributed by atoms with van der Waals surface area (Å²) >= 11 is 0. The lowest BCUT2D eigenvalue weighted by Gasteiger charge is -2.24. The third-order valence-corrected chi connectivity index (χ3v) is 1.84. The SMILES string of the molecule is C#CCOC(C)[C@H](NC(=O)OC(C)(C)C)C(=O)O. The molecule has 0 aliphatic carbocycles. The molecule has 0 aromatic carbocycles. The molecule has 0 aromatic rings. The molecule has 18 heavy (non-hydrogen) atoms. The zero-order valence-electron chi connectivity index (χ0n) is 11.0. The second-order valence-corrected chi connectivity index (χ2v) is 4.68. The van der Waals surface area contributed by atoms with E-state index in [1.54, 1.807) is 20.8 Å². The van der Waals surface area contributed by atoms with E-state index in [0.29, 0.717) is 0 Å². The summed E-state index contributed by atoms with van der Waals surface area (Å²) in [6, 6.07) is -1.21. The van der Waals surface area contributed by atoms with Crippen molar-refractivity contribution in [3.8, 4) is 12.3 Å². The van der Waals surface area contributed by atoms with Crippen molar-refractivity contribution in [1.82, 2.24) is 5.32 Å². The monoisotopic (exact) mass is 257 g/mol. The molecule has 0 saturated heterocycles. The molecule has 6 heteroatoms. The molecular weight excluding hydrogens is 238 g/mol. The predicted octanol–water partition coefficient (Wildman–Crippen LogP) is 1.00. The number of carboxylic acids is 1. The number of nitrogens with one attached hydrogen (secondary N) is 1. The van der Waals surface area contributed by atoms with E-state index in [2.05, 4.69) is 11.2 Å². The number of hydrogen-bond acceptors (Lipinski definition) is 4. The number of alkyl carbamates (subject to hydrolysis) is 1. The van der Waals surface area contributed by atoms with E-state index < -0.39 is 29.8 Å². The molecule has 6 nitrogen and oxygen atoms in total. The highest BCUT2D eigenvalue weighted by atomic mass is 16.6. The number of carboxylic acid groups (broad SMARTS) is 1. The minimum Gasteiger partial charge on any atom is -0.480 e. The standard InChI is InChI=1S/C12H19NO5/c1-6-7-17-8(2)9(10(14)15)13-11(16)18-12(3,4)5/h1,8-9H,7H2,2-5H3,(H,13,16)(H,14,15)/t8?,9-/m0/s1. The van der Waals surface area contributed by atoms with Crippen molar-refractivity contribution >= 4 is 12.1 Å². The maximum absolute atomic E-state index is 11.5. The van der Waals surface area contributed by atoms with Gasteiger partial charge in [0.1, 0.15) is 12.2 Å². The fraction of sp³-hybridized carbons (Fsp3) is 0.667. The fourth-order valence-electron chi connectivity index (χ4n) is 1.09. The van der Waals surface area contributed by atoms with Gasteiger partial charge in [-0.15, -0.1) is 6.42 Å². The van der Waals surface area contributed by atoms with Crippen LogP contribution < -0.4 is 5.32 Å². The van der Waals surface area contributed by atoms with Gasteiger partial charge in [-0.3, -0.25) is 0 Å². The van der Waals surface area contributed by atoms with Crippen LogP contribution in [0, 0.1) is 12.3 Å². The Kier molecular flexibility index (Phi) is 6.20. The molecule has 0 saturated carbocycles. The van der Waals surface area contributed by atoms with Crippen LogP contribution in [0.2, 0.25) is 0 Å². The Morgan fingerprint density at radius 3 is 2.39 bits per heavy atom. The van der Waals surface area contributed by atoms with Gasteiger partial charge in [-0.1, -0.05) is 5.92 Å². The van der Waals surface area contributed by atoms with Gasteiger partial charge in [0.05, 0.1) is 6.10 Å². The molecule has 0 aromatic heterocycles. The van der Waals surface area contributed by atoms with Gasteiger partial charge in [0, 0.05) is 0 Å². The first-order chi connectivity index (χ1) is 8.17. The van der Waals surface area contributed by atoms with E-state index in [0.717, 1.165) is 0 Å². The van der Waals surface area contributed by atoms with E-state index >= 15 is 0 Å². The predicted molar refractivity (Wildman–Crippen MR) is 65.0 cm³/mol. The smallest absolute Gasteiger partial charge is 0.408 e. The van der Waals surface area contributed by atoms with Gasteiger partial charge >= 0.3 is 12.1 Å². The molecule has 0 rings (SSSR count). The Hall–Kier alpha value is -1.74. The van der Waals surface area contributed by atoms with Gasteiger partial charge in [-0.2, -0.15) is 0 Å². The summed E-state index contributed by atoms with van der Waals surface area (Å²) in [4.78, 5) is 22.5. The van der Waals surface area contributed by atoms with Gasteiger partial charge in [0.2, 0.25) is 0 Å². The Bertz CT molecular complexity index is 339. The second-order valence-electron chi connectivity index (χ2n) is 4.68. The third kappa shape index (κ3) is 6.76. The van der Waals surface area contributed by atoms with Crippen LogP contribution >= 0.6 is 0 Å². The lowest BCUT2D eigenvalue weighted by Crippen LogP contribution is -2.50. The van der Waals surface area contributed by atoms with Gasteiger partial charge in [-0.25, -0.2) is 9.59 Å². The average Bonchev–Trinajstić information content (AvgIpc) is 2.19. The molecular formula is C12H19NO5. The van der Waals surface area contributed by atoms with Crippen molar-refractivity contribution in [2.45, 2.75) is 45.4 Å². The number of rotatable bonds is 5. The summed E-state index contributed by atoms with van der Waals surface area (Å²) in [6.07, 6.45) is 3.43. The number of carbonyl (C=O) groups excluding carboxylic acids is 1. The highest BCUT2D eigenvalue weighted by Crippen LogP contribution is 2.08. The number of aliphatic carboxylic acids is 1. The molecule has 0 spiro atoms. The van der Waals surface area contributed by atoms with E-state index in [4.69, 9.17) is 21.0 Å². The molecule has 1 amide bonds. The van der Waals surface area contributed by atoms with E-state index in [-0.39, 0.29) is 6.61 Å². The molecule has 0 fully saturated rings. The quantitative estimate of drug-likeness (QED) is 0.718. The normalized spacial score (nSPS) is 14.2. The Balaban J connectivity index is 4.50. The first-order valence-electron chi connectivity index (χ1n) is 5.44. The lowest BCUT2D eigenvalue weighted by molar-refractivity contribution is -0.143. The van der Waals surface area contributed by atoms with Crippen LogP contribution in [0.15, 0.2) is 0 Å². The number of carbonyl (C=O) groups is 2. The van der Waals surface area contributed by atoms with Crippen LogP contribution in [0.1, 0.15) is 27.7 Å². The second kappa shape index (κ2) is 6.87. The Morgan fingerprint density at radius 1 is 1.44 bits per heavy atom. The Morgan fingerprint density at radius 2 is 2.00 bits per heavy atom. The van der Waals surface area contributed by atoms with Gasteiger partial charge < -0.3 is 19.9 Å². The van der Waals surface area contributed by atoms with Gasteiger partial charge in [0.15, 0.2) is 6.04 Å². The van der Waals surface area contributed by atoms with Gasteiger partial charge in [-0.05, 0) is 27.7 Å². The summed E-state index contributed by atoms with van der Waals surface area (Å²) < 4.78 is 10.0. The van der Waals surface area contributed by atoms with Crippen molar-refractivity contribution in [2.24, 2.45) is 0 Å². The molecule has 102 valence electrons. The van der Waals surface area contributed by atoms with Crippen molar-refractivity contribution in [2.75, 3.05) is 6.61 Å². The van der Waals surface area contributed by atoms with Crippen LogP contribution in [0.4, 0.5) is 4.79 Å². The van der Waals surface area contributed by atoms with Crippen LogP contribution in [-0.4, -0.2) is 41.5 Å². The van der Waals surface area contributed by atoms with Crippen LogP contribution in [-0.2, 0) is 14.3 Å². The molecule has 0 radical (unpaired) electrons. The maximum Gasteiger partial charge on any atom is 0.408 e. The van der Waals surface area contributed by atoms with Crippen LogP contribution in [0.25, 0.3) is 0 Å². The van der Waals surface area contributed by atoms with E-state index in [1.165, 1.54) is 6.92 Å². The first kappa shape index (κ1) is 16.3. The zero-order valence-corrected chi connectivity index (χ0v) is 11.0. The number of ether oxygens (including phenoxy) is 2. The summed E-state index contributed by atoms with van der Waals surface area (Å²) in [6.45, 7) is 6.52. The third-order valence-electron chi connectivity index (χ3n) is 1.84. The number of hydrogen-bond donors (Lipinski definition) is 2. The van der Waals surface area contributed by atoms with Crippen LogP contribution in [0.3, 0.4) is 0 Å². The number of terminal acetylenes is 1. The zero-order chi connectivity index (χ0) is 14.3. The summed E-state index contributed by atoms with van der Waals surface area (Å²) in [7, 11) is 0. The first-order valence-corrected chi connectivity index (χ1v) is 5.44. The molecule has 0 heterocycles. The summed E-state index contributed by atoms with van der Waals surface area (Å²) in [5.74, 6) is 1.01. The number of amides is 1. The molecule has 0 aliphatic heterocycles. The minimum atomic E-state index is -1.22. The van der Waals surface area contributed by atoms with Crippen molar-refractivity contribution < 1.29 is 24.2 Å². The van der Waals surface area contributed by atoms with Gasteiger partial charge in [0.25, 0.3) is 0 Å². The molecule has 0 bridgehead atoms. The highest BCUT2D eigenvalue weighted by Gasteiger charge is 2.29. The average molecular weight is 257 g/mol. The van der Waals surface area contributed by atoms with E-state index in [9.17, 15) is 9.59 Å². The highest BCUT2D eigenvalue weighted by molar-refractivity contribution is 5.80. The minimum absolute atomic E-state index is 0.0268. The maximum atomic E-state index is 11.5.